The lowest BCUT2D eigenvalue weighted by Gasteiger charge is -2.23. The number of benzene rings is 1. The SMILES string of the molecule is CCCCNC(CC)C(O)c1ccc(OC)cc1. The van der Waals surface area contributed by atoms with Crippen LogP contribution in [0.2, 0.25) is 0 Å². The van der Waals surface area contributed by atoms with Crippen molar-refractivity contribution in [1.29, 1.82) is 0 Å². The van der Waals surface area contributed by atoms with Crippen LogP contribution in [0.5, 0.6) is 5.75 Å². The van der Waals surface area contributed by atoms with Crippen LogP contribution >= 0.6 is 0 Å². The van der Waals surface area contributed by atoms with Crippen molar-refractivity contribution in [1.82, 2.24) is 5.32 Å². The number of hydrogen-bond acceptors (Lipinski definition) is 3. The van der Waals surface area contributed by atoms with Gasteiger partial charge >= 0.3 is 0 Å². The van der Waals surface area contributed by atoms with Crippen molar-refractivity contribution in [2.45, 2.75) is 45.3 Å². The molecule has 3 nitrogen and oxygen atoms in total. The molecule has 2 atom stereocenters. The Morgan fingerprint density at radius 2 is 1.89 bits per heavy atom. The minimum Gasteiger partial charge on any atom is -0.497 e. The molecule has 1 aromatic carbocycles. The fourth-order valence-electron chi connectivity index (χ4n) is 1.98. The predicted molar refractivity (Wildman–Crippen MR) is 74.9 cm³/mol. The van der Waals surface area contributed by atoms with E-state index in [4.69, 9.17) is 4.74 Å². The first-order valence-electron chi connectivity index (χ1n) is 6.78. The molecule has 0 aromatic heterocycles. The Morgan fingerprint density at radius 3 is 2.39 bits per heavy atom. The van der Waals surface area contributed by atoms with Gasteiger partial charge in [0, 0.05) is 6.04 Å². The van der Waals surface area contributed by atoms with Crippen LogP contribution in [0.1, 0.15) is 44.8 Å². The summed E-state index contributed by atoms with van der Waals surface area (Å²) in [6.07, 6.45) is 2.77. The summed E-state index contributed by atoms with van der Waals surface area (Å²) in [5.41, 5.74) is 0.937. The highest BCUT2D eigenvalue weighted by Gasteiger charge is 2.18. The standard InChI is InChI=1S/C15H25NO2/c1-4-6-11-16-14(5-2)15(17)12-7-9-13(18-3)10-8-12/h7-10,14-17H,4-6,11H2,1-3H3. The second-order valence-corrected chi connectivity index (χ2v) is 4.54. The van der Waals surface area contributed by atoms with Gasteiger partial charge in [0.25, 0.3) is 0 Å². The molecular weight excluding hydrogens is 226 g/mol. The molecule has 1 rings (SSSR count). The molecule has 0 radical (unpaired) electrons. The Labute approximate surface area is 110 Å². The molecule has 0 aliphatic carbocycles. The maximum Gasteiger partial charge on any atom is 0.118 e. The number of aliphatic hydroxyl groups excluding tert-OH is 1. The second-order valence-electron chi connectivity index (χ2n) is 4.54. The van der Waals surface area contributed by atoms with Crippen molar-refractivity contribution in [3.63, 3.8) is 0 Å². The molecule has 2 unspecified atom stereocenters. The van der Waals surface area contributed by atoms with Gasteiger partial charge in [0.05, 0.1) is 13.2 Å². The normalized spacial score (nSPS) is 14.2. The molecule has 0 spiro atoms. The van der Waals surface area contributed by atoms with E-state index in [9.17, 15) is 5.11 Å². The summed E-state index contributed by atoms with van der Waals surface area (Å²) in [5.74, 6) is 0.818. The Balaban J connectivity index is 2.60. The zero-order chi connectivity index (χ0) is 13.4. The number of methoxy groups -OCH3 is 1. The summed E-state index contributed by atoms with van der Waals surface area (Å²) in [7, 11) is 1.65. The van der Waals surface area contributed by atoms with Gasteiger partial charge in [-0.2, -0.15) is 0 Å². The molecule has 0 amide bonds. The average molecular weight is 251 g/mol. The van der Waals surface area contributed by atoms with Crippen molar-refractivity contribution < 1.29 is 9.84 Å². The van der Waals surface area contributed by atoms with Crippen LogP contribution in [0.3, 0.4) is 0 Å². The highest BCUT2D eigenvalue weighted by Crippen LogP contribution is 2.21. The van der Waals surface area contributed by atoms with Gasteiger partial charge in [-0.3, -0.25) is 0 Å². The van der Waals surface area contributed by atoms with Gasteiger partial charge in [0.2, 0.25) is 0 Å². The van der Waals surface area contributed by atoms with Crippen molar-refractivity contribution in [2.24, 2.45) is 0 Å². The van der Waals surface area contributed by atoms with Gasteiger partial charge in [0.1, 0.15) is 5.75 Å². The monoisotopic (exact) mass is 251 g/mol. The molecule has 18 heavy (non-hydrogen) atoms. The fraction of sp³-hybridized carbons (Fsp3) is 0.600. The summed E-state index contributed by atoms with van der Waals surface area (Å²) in [5, 5.41) is 13.8. The lowest BCUT2D eigenvalue weighted by Crippen LogP contribution is -2.35. The minimum absolute atomic E-state index is 0.116. The van der Waals surface area contributed by atoms with E-state index in [2.05, 4.69) is 19.2 Å². The molecule has 0 aliphatic heterocycles. The summed E-state index contributed by atoms with van der Waals surface area (Å²) < 4.78 is 5.12. The molecular formula is C15H25NO2. The Hall–Kier alpha value is -1.06. The average Bonchev–Trinajstić information content (AvgIpc) is 2.43. The van der Waals surface area contributed by atoms with E-state index in [-0.39, 0.29) is 6.04 Å². The number of rotatable bonds is 8. The maximum absolute atomic E-state index is 10.3. The third-order valence-corrected chi connectivity index (χ3v) is 3.22. The number of hydrogen-bond donors (Lipinski definition) is 2. The second kappa shape index (κ2) is 8.11. The molecule has 0 fully saturated rings. The Kier molecular flexibility index (Phi) is 6.76. The van der Waals surface area contributed by atoms with E-state index in [0.717, 1.165) is 30.7 Å². The predicted octanol–water partition coefficient (Wildman–Crippen LogP) is 2.90. The molecule has 2 N–H and O–H groups in total. The number of unbranched alkanes of at least 4 members (excludes halogenated alkanes) is 1. The van der Waals surface area contributed by atoms with Crippen molar-refractivity contribution in [2.75, 3.05) is 13.7 Å². The van der Waals surface area contributed by atoms with Gasteiger partial charge in [-0.15, -0.1) is 0 Å². The van der Waals surface area contributed by atoms with Gasteiger partial charge in [-0.1, -0.05) is 32.4 Å². The lowest BCUT2D eigenvalue weighted by atomic mass is 10.00. The van der Waals surface area contributed by atoms with E-state index in [0.29, 0.717) is 0 Å². The molecule has 0 heterocycles. The number of ether oxygens (including phenoxy) is 1. The lowest BCUT2D eigenvalue weighted by molar-refractivity contribution is 0.126. The van der Waals surface area contributed by atoms with Gasteiger partial charge < -0.3 is 15.2 Å². The van der Waals surface area contributed by atoms with Crippen molar-refractivity contribution in [3.05, 3.63) is 29.8 Å². The van der Waals surface area contributed by atoms with Crippen LogP contribution in [-0.4, -0.2) is 24.8 Å². The number of nitrogens with one attached hydrogen (secondary N) is 1. The smallest absolute Gasteiger partial charge is 0.118 e. The Bertz CT molecular complexity index is 324. The fourth-order valence-corrected chi connectivity index (χ4v) is 1.98. The first-order valence-corrected chi connectivity index (χ1v) is 6.78. The first-order chi connectivity index (χ1) is 8.72. The molecule has 3 heteroatoms. The maximum atomic E-state index is 10.3. The summed E-state index contributed by atoms with van der Waals surface area (Å²) >= 11 is 0. The van der Waals surface area contributed by atoms with Crippen LogP contribution in [-0.2, 0) is 0 Å². The third kappa shape index (κ3) is 4.31. The zero-order valence-electron chi connectivity index (χ0n) is 11.6. The molecule has 0 aliphatic rings. The highest BCUT2D eigenvalue weighted by atomic mass is 16.5. The van der Waals surface area contributed by atoms with Crippen LogP contribution < -0.4 is 10.1 Å². The van der Waals surface area contributed by atoms with E-state index in [1.807, 2.05) is 24.3 Å². The molecule has 0 saturated carbocycles. The van der Waals surface area contributed by atoms with Gasteiger partial charge in [-0.05, 0) is 37.1 Å². The topological polar surface area (TPSA) is 41.5 Å². The molecule has 102 valence electrons. The molecule has 0 bridgehead atoms. The minimum atomic E-state index is -0.460. The summed E-state index contributed by atoms with van der Waals surface area (Å²) in [6, 6.07) is 7.74. The summed E-state index contributed by atoms with van der Waals surface area (Å²) in [4.78, 5) is 0. The van der Waals surface area contributed by atoms with E-state index < -0.39 is 6.10 Å². The zero-order valence-corrected chi connectivity index (χ0v) is 11.6. The van der Waals surface area contributed by atoms with Crippen molar-refractivity contribution in [3.8, 4) is 5.75 Å². The van der Waals surface area contributed by atoms with E-state index >= 15 is 0 Å². The quantitative estimate of drug-likeness (QED) is 0.698. The van der Waals surface area contributed by atoms with Gasteiger partial charge in [0.15, 0.2) is 0 Å². The van der Waals surface area contributed by atoms with Crippen molar-refractivity contribution >= 4 is 0 Å². The van der Waals surface area contributed by atoms with Gasteiger partial charge in [-0.25, -0.2) is 0 Å². The Morgan fingerprint density at radius 1 is 1.22 bits per heavy atom. The van der Waals surface area contributed by atoms with E-state index in [1.54, 1.807) is 7.11 Å². The third-order valence-electron chi connectivity index (χ3n) is 3.22. The van der Waals surface area contributed by atoms with Crippen LogP contribution in [0, 0.1) is 0 Å². The first kappa shape index (κ1) is 15.0. The molecule has 0 saturated heterocycles. The highest BCUT2D eigenvalue weighted by molar-refractivity contribution is 5.29. The van der Waals surface area contributed by atoms with Crippen LogP contribution in [0.4, 0.5) is 0 Å². The van der Waals surface area contributed by atoms with E-state index in [1.165, 1.54) is 6.42 Å². The largest absolute Gasteiger partial charge is 0.497 e. The van der Waals surface area contributed by atoms with Crippen LogP contribution in [0.15, 0.2) is 24.3 Å². The molecule has 1 aromatic rings. The number of aliphatic hydroxyl groups is 1. The summed E-state index contributed by atoms with van der Waals surface area (Å²) in [6.45, 7) is 5.22. The van der Waals surface area contributed by atoms with Crippen LogP contribution in [0.25, 0.3) is 0 Å².